The van der Waals surface area contributed by atoms with Gasteiger partial charge in [-0.25, -0.2) is 0 Å². The highest BCUT2D eigenvalue weighted by atomic mass is 16.7. The molecule has 0 aromatic heterocycles. The summed E-state index contributed by atoms with van der Waals surface area (Å²) in [5.74, 6) is 0.226. The monoisotopic (exact) mass is 294 g/mol. The summed E-state index contributed by atoms with van der Waals surface area (Å²) in [6.07, 6.45) is 0.812. The molecule has 1 aliphatic heterocycles. The summed E-state index contributed by atoms with van der Waals surface area (Å²) in [4.78, 5) is 0. The van der Waals surface area contributed by atoms with Gasteiger partial charge in [-0.1, -0.05) is 0 Å². The highest BCUT2D eigenvalue weighted by molar-refractivity contribution is 6.59. The summed E-state index contributed by atoms with van der Waals surface area (Å²) in [6, 6.07) is 3.63. The van der Waals surface area contributed by atoms with E-state index in [1.807, 2.05) is 39.8 Å². The molecule has 0 aliphatic carbocycles. The van der Waals surface area contributed by atoms with Gasteiger partial charge in [0, 0.05) is 6.42 Å². The molecule has 0 saturated carbocycles. The Balaban J connectivity index is 1.90. The summed E-state index contributed by atoms with van der Waals surface area (Å²) < 4.78 is 17.0. The highest BCUT2D eigenvalue weighted by Gasteiger charge is 2.32. The number of hydrogen-bond acceptors (Lipinski definition) is 5. The first-order chi connectivity index (χ1) is 9.78. The van der Waals surface area contributed by atoms with Crippen LogP contribution in [0, 0.1) is 13.8 Å². The fourth-order valence-electron chi connectivity index (χ4n) is 2.64. The highest BCUT2D eigenvalue weighted by Crippen LogP contribution is 2.24. The van der Waals surface area contributed by atoms with Crippen molar-refractivity contribution in [3.63, 3.8) is 0 Å². The maximum Gasteiger partial charge on any atom is 0.488 e. The Morgan fingerprint density at radius 3 is 2.38 bits per heavy atom. The smallest absolute Gasteiger partial charge is 0.488 e. The van der Waals surface area contributed by atoms with Crippen molar-refractivity contribution < 1.29 is 24.3 Å². The van der Waals surface area contributed by atoms with Gasteiger partial charge >= 0.3 is 7.12 Å². The molecule has 1 atom stereocenters. The lowest BCUT2D eigenvalue weighted by Crippen LogP contribution is -2.34. The molecule has 21 heavy (non-hydrogen) atoms. The number of ether oxygens (including phenoxy) is 3. The lowest BCUT2D eigenvalue weighted by molar-refractivity contribution is -0.139. The van der Waals surface area contributed by atoms with Gasteiger partial charge in [0.25, 0.3) is 0 Å². The van der Waals surface area contributed by atoms with Crippen molar-refractivity contribution in [1.29, 1.82) is 0 Å². The van der Waals surface area contributed by atoms with E-state index >= 15 is 0 Å². The lowest BCUT2D eigenvalue weighted by atomic mass is 9.74. The van der Waals surface area contributed by atoms with Crippen molar-refractivity contribution in [2.75, 3.05) is 13.2 Å². The first kappa shape index (κ1) is 16.3. The van der Waals surface area contributed by atoms with Crippen molar-refractivity contribution in [1.82, 2.24) is 0 Å². The standard InChI is InChI=1S/C15H23BO5/c1-10-7-13(8-11(2)14(10)16(17)18)19-6-5-12-9-20-15(3,4)21-12/h7-8,12,17-18H,5-6,9H2,1-4H3/t12-/m0/s1. The van der Waals surface area contributed by atoms with E-state index in [0.717, 1.165) is 23.3 Å². The molecule has 1 saturated heterocycles. The molecule has 1 aromatic carbocycles. The lowest BCUT2D eigenvalue weighted by Gasteiger charge is -2.17. The molecule has 0 unspecified atom stereocenters. The minimum atomic E-state index is -1.45. The van der Waals surface area contributed by atoms with Crippen LogP contribution in [-0.4, -0.2) is 42.3 Å². The Morgan fingerprint density at radius 2 is 1.90 bits per heavy atom. The summed E-state index contributed by atoms with van der Waals surface area (Å²) in [5, 5.41) is 18.7. The second-order valence-corrected chi connectivity index (χ2v) is 5.93. The number of hydrogen-bond donors (Lipinski definition) is 2. The van der Waals surface area contributed by atoms with Gasteiger partial charge in [0.1, 0.15) is 5.75 Å². The molecule has 0 amide bonds. The molecule has 0 bridgehead atoms. The van der Waals surface area contributed by atoms with Gasteiger partial charge in [-0.3, -0.25) is 0 Å². The zero-order valence-corrected chi connectivity index (χ0v) is 13.0. The molecular formula is C15H23BO5. The second-order valence-electron chi connectivity index (χ2n) is 5.93. The van der Waals surface area contributed by atoms with Crippen LogP contribution in [0.5, 0.6) is 5.75 Å². The fraction of sp³-hybridized carbons (Fsp3) is 0.600. The van der Waals surface area contributed by atoms with E-state index in [1.165, 1.54) is 0 Å². The van der Waals surface area contributed by atoms with Crippen molar-refractivity contribution in [3.8, 4) is 5.75 Å². The van der Waals surface area contributed by atoms with E-state index in [9.17, 15) is 10.0 Å². The van der Waals surface area contributed by atoms with Crippen molar-refractivity contribution in [2.24, 2.45) is 0 Å². The minimum absolute atomic E-state index is 0.0562. The van der Waals surface area contributed by atoms with Gasteiger partial charge in [0.2, 0.25) is 0 Å². The summed E-state index contributed by atoms with van der Waals surface area (Å²) >= 11 is 0. The summed E-state index contributed by atoms with van der Waals surface area (Å²) in [5.41, 5.74) is 2.15. The van der Waals surface area contributed by atoms with Crippen LogP contribution >= 0.6 is 0 Å². The largest absolute Gasteiger partial charge is 0.493 e. The molecule has 1 fully saturated rings. The molecule has 2 rings (SSSR count). The fourth-order valence-corrected chi connectivity index (χ4v) is 2.64. The molecule has 1 aliphatic rings. The molecule has 6 heteroatoms. The zero-order chi connectivity index (χ0) is 15.6. The summed E-state index contributed by atoms with van der Waals surface area (Å²) in [6.45, 7) is 8.60. The molecule has 5 nitrogen and oxygen atoms in total. The van der Waals surface area contributed by atoms with Crippen LogP contribution in [0.3, 0.4) is 0 Å². The van der Waals surface area contributed by atoms with E-state index in [4.69, 9.17) is 14.2 Å². The Kier molecular flexibility index (Phi) is 4.93. The van der Waals surface area contributed by atoms with Gasteiger partial charge in [0.05, 0.1) is 19.3 Å². The van der Waals surface area contributed by atoms with Crippen LogP contribution < -0.4 is 10.2 Å². The molecule has 2 N–H and O–H groups in total. The minimum Gasteiger partial charge on any atom is -0.493 e. The SMILES string of the molecule is Cc1cc(OCC[C@H]2COC(C)(C)O2)cc(C)c1B(O)O. The quantitative estimate of drug-likeness (QED) is 0.790. The third-order valence-corrected chi connectivity index (χ3v) is 3.60. The Bertz CT molecular complexity index is 478. The normalized spacial score (nSPS) is 20.6. The second kappa shape index (κ2) is 6.36. The first-order valence-electron chi connectivity index (χ1n) is 7.20. The third-order valence-electron chi connectivity index (χ3n) is 3.60. The van der Waals surface area contributed by atoms with Crippen molar-refractivity contribution in [2.45, 2.75) is 46.0 Å². The molecule has 0 spiro atoms. The van der Waals surface area contributed by atoms with Gasteiger partial charge in [-0.2, -0.15) is 0 Å². The maximum absolute atomic E-state index is 9.33. The van der Waals surface area contributed by atoms with Crippen LogP contribution in [0.2, 0.25) is 0 Å². The zero-order valence-electron chi connectivity index (χ0n) is 13.0. The van der Waals surface area contributed by atoms with E-state index in [0.29, 0.717) is 18.7 Å². The van der Waals surface area contributed by atoms with E-state index < -0.39 is 12.9 Å². The van der Waals surface area contributed by atoms with Gasteiger partial charge in [-0.05, 0) is 56.4 Å². The number of aryl methyl sites for hydroxylation is 2. The van der Waals surface area contributed by atoms with Crippen LogP contribution in [0.15, 0.2) is 12.1 Å². The molecule has 1 aromatic rings. The number of rotatable bonds is 5. The average Bonchev–Trinajstić information content (AvgIpc) is 2.67. The van der Waals surface area contributed by atoms with Crippen molar-refractivity contribution in [3.05, 3.63) is 23.3 Å². The Hall–Kier alpha value is -1.08. The van der Waals surface area contributed by atoms with Gasteiger partial charge in [-0.15, -0.1) is 0 Å². The average molecular weight is 294 g/mol. The Labute approximate surface area is 126 Å². The van der Waals surface area contributed by atoms with E-state index in [2.05, 4.69) is 0 Å². The number of benzene rings is 1. The molecular weight excluding hydrogens is 271 g/mol. The Morgan fingerprint density at radius 1 is 1.29 bits per heavy atom. The van der Waals surface area contributed by atoms with Crippen molar-refractivity contribution >= 4 is 12.6 Å². The molecule has 116 valence electrons. The predicted octanol–water partition coefficient (Wildman–Crippen LogP) is 0.904. The van der Waals surface area contributed by atoms with Crippen LogP contribution in [-0.2, 0) is 9.47 Å². The molecule has 0 radical (unpaired) electrons. The van der Waals surface area contributed by atoms with Crippen LogP contribution in [0.1, 0.15) is 31.4 Å². The van der Waals surface area contributed by atoms with Crippen LogP contribution in [0.25, 0.3) is 0 Å². The van der Waals surface area contributed by atoms with Gasteiger partial charge < -0.3 is 24.3 Å². The summed E-state index contributed by atoms with van der Waals surface area (Å²) in [7, 11) is -1.45. The van der Waals surface area contributed by atoms with Crippen LogP contribution in [0.4, 0.5) is 0 Å². The first-order valence-corrected chi connectivity index (χ1v) is 7.20. The van der Waals surface area contributed by atoms with Gasteiger partial charge in [0.15, 0.2) is 5.79 Å². The maximum atomic E-state index is 9.33. The molecule has 1 heterocycles. The topological polar surface area (TPSA) is 68.2 Å². The van der Waals surface area contributed by atoms with E-state index in [-0.39, 0.29) is 6.10 Å². The van der Waals surface area contributed by atoms with E-state index in [1.54, 1.807) is 0 Å². The third kappa shape index (κ3) is 4.20. The predicted molar refractivity (Wildman–Crippen MR) is 80.8 cm³/mol.